The summed E-state index contributed by atoms with van der Waals surface area (Å²) in [4.78, 5) is 38.4. The molecule has 0 aliphatic heterocycles. The molecule has 0 saturated carbocycles. The van der Waals surface area contributed by atoms with Crippen molar-refractivity contribution in [2.24, 2.45) is 0 Å². The SMILES string of the molecule is CC/C=C\C/C=C\C/C=C\C/C=C\C/C=C\C/C=C\C/C=C\CCCC(=O)OCC(COC(=O)CCCCCCCCCCC/C=C\CCCCCCCC)OC(=O)CCCCCCCC/C=C\C/C=C\C/C=C\C/C=C\CC. The number of hydrogen-bond acceptors (Lipinski definition) is 6. The van der Waals surface area contributed by atoms with Gasteiger partial charge in [0.05, 0.1) is 0 Å². The first-order chi connectivity index (χ1) is 39.0. The lowest BCUT2D eigenvalue weighted by molar-refractivity contribution is -0.167. The number of carbonyl (C=O) groups is 3. The van der Waals surface area contributed by atoms with Crippen LogP contribution in [0.15, 0.2) is 146 Å². The van der Waals surface area contributed by atoms with Crippen LogP contribution in [0.1, 0.15) is 278 Å². The van der Waals surface area contributed by atoms with Crippen LogP contribution in [-0.2, 0) is 28.6 Å². The van der Waals surface area contributed by atoms with E-state index in [1.807, 2.05) is 0 Å². The molecule has 0 aromatic carbocycles. The molecule has 0 spiro atoms. The van der Waals surface area contributed by atoms with Crippen molar-refractivity contribution >= 4 is 17.9 Å². The first-order valence-electron chi connectivity index (χ1n) is 32.3. The van der Waals surface area contributed by atoms with E-state index < -0.39 is 6.10 Å². The van der Waals surface area contributed by atoms with Crippen molar-refractivity contribution in [2.75, 3.05) is 13.2 Å². The van der Waals surface area contributed by atoms with Gasteiger partial charge in [0.15, 0.2) is 6.10 Å². The lowest BCUT2D eigenvalue weighted by Crippen LogP contribution is -2.30. The zero-order chi connectivity index (χ0) is 57.1. The zero-order valence-electron chi connectivity index (χ0n) is 51.1. The first kappa shape index (κ1) is 74.3. The van der Waals surface area contributed by atoms with E-state index in [0.717, 1.165) is 128 Å². The molecule has 0 aromatic heterocycles. The van der Waals surface area contributed by atoms with Gasteiger partial charge in [-0.15, -0.1) is 0 Å². The fraction of sp³-hybridized carbons (Fsp3) is 0.630. The van der Waals surface area contributed by atoms with Crippen LogP contribution in [0, 0.1) is 0 Å². The van der Waals surface area contributed by atoms with Crippen LogP contribution >= 0.6 is 0 Å². The average molecular weight is 1090 g/mol. The monoisotopic (exact) mass is 1090 g/mol. The van der Waals surface area contributed by atoms with Crippen LogP contribution in [-0.4, -0.2) is 37.2 Å². The number of allylic oxidation sites excluding steroid dienone is 24. The molecule has 79 heavy (non-hydrogen) atoms. The van der Waals surface area contributed by atoms with Crippen LogP contribution in [0.2, 0.25) is 0 Å². The van der Waals surface area contributed by atoms with Gasteiger partial charge in [-0.1, -0.05) is 269 Å². The third kappa shape index (κ3) is 64.0. The minimum atomic E-state index is -0.818. The molecule has 0 radical (unpaired) electrons. The predicted octanol–water partition coefficient (Wildman–Crippen LogP) is 22.3. The number of esters is 3. The summed E-state index contributed by atoms with van der Waals surface area (Å²) in [6.07, 6.45) is 94.2. The number of unbranched alkanes of at least 4 members (excludes halogenated alkanes) is 22. The average Bonchev–Trinajstić information content (AvgIpc) is 3.45. The Balaban J connectivity index is 4.53. The Morgan fingerprint density at radius 2 is 0.506 bits per heavy atom. The summed E-state index contributed by atoms with van der Waals surface area (Å²) in [6.45, 7) is 6.36. The van der Waals surface area contributed by atoms with Crippen molar-refractivity contribution in [1.82, 2.24) is 0 Å². The smallest absolute Gasteiger partial charge is 0.306 e. The van der Waals surface area contributed by atoms with Crippen LogP contribution in [0.3, 0.4) is 0 Å². The van der Waals surface area contributed by atoms with Gasteiger partial charge in [0.1, 0.15) is 13.2 Å². The maximum atomic E-state index is 12.9. The fourth-order valence-corrected chi connectivity index (χ4v) is 8.54. The number of rotatable bonds is 57. The molecule has 0 bridgehead atoms. The molecule has 446 valence electrons. The highest BCUT2D eigenvalue weighted by Gasteiger charge is 2.19. The normalized spacial score (nSPS) is 13.1. The van der Waals surface area contributed by atoms with E-state index in [-0.39, 0.29) is 37.5 Å². The van der Waals surface area contributed by atoms with Crippen LogP contribution in [0.5, 0.6) is 0 Å². The molecular weight excluding hydrogens is 973 g/mol. The minimum absolute atomic E-state index is 0.108. The molecular formula is C73H118O6. The molecule has 0 saturated heterocycles. The molecule has 0 aromatic rings. The van der Waals surface area contributed by atoms with E-state index in [4.69, 9.17) is 14.2 Å². The highest BCUT2D eigenvalue weighted by atomic mass is 16.6. The van der Waals surface area contributed by atoms with Gasteiger partial charge in [0.25, 0.3) is 0 Å². The number of hydrogen-bond donors (Lipinski definition) is 0. The zero-order valence-corrected chi connectivity index (χ0v) is 51.1. The molecule has 0 amide bonds. The van der Waals surface area contributed by atoms with Gasteiger partial charge in [-0.3, -0.25) is 14.4 Å². The van der Waals surface area contributed by atoms with Crippen molar-refractivity contribution < 1.29 is 28.6 Å². The van der Waals surface area contributed by atoms with Crippen molar-refractivity contribution in [1.29, 1.82) is 0 Å². The summed E-state index contributed by atoms with van der Waals surface area (Å²) in [7, 11) is 0. The standard InChI is InChI=1S/C73H118O6/c1-4-7-10-13-16-19-22-25-28-31-34-35-36-37-40-42-45-48-51-54-57-60-63-66-72(75)78-69-70(79-73(76)67-64-61-58-55-52-49-46-43-39-33-30-27-24-21-18-15-12-9-6-3)68-77-71(74)65-62-59-56-53-50-47-44-41-38-32-29-26-23-20-17-14-11-8-5-2/h7,9-10,12,16,18-19,21,25-30,34-35,37,39-40,43,45,48,54,57,70H,4-6,8,11,13-15,17,20,22-24,31-33,36,38,41-42,44,46-47,49-53,55-56,58-69H2,1-3H3/b10-7-,12-9-,19-16-,21-18-,28-25-,29-26-,30-27-,35-34-,40-37-,43-39-,48-45-,57-54-. The van der Waals surface area contributed by atoms with Crippen LogP contribution < -0.4 is 0 Å². The van der Waals surface area contributed by atoms with Gasteiger partial charge in [-0.2, -0.15) is 0 Å². The third-order valence-corrected chi connectivity index (χ3v) is 13.3. The second-order valence-corrected chi connectivity index (χ2v) is 20.9. The molecule has 6 heteroatoms. The van der Waals surface area contributed by atoms with Crippen molar-refractivity contribution in [2.45, 2.75) is 284 Å². The van der Waals surface area contributed by atoms with E-state index in [1.54, 1.807) is 0 Å². The Morgan fingerprint density at radius 3 is 0.835 bits per heavy atom. The van der Waals surface area contributed by atoms with Crippen molar-refractivity contribution in [3.63, 3.8) is 0 Å². The predicted molar refractivity (Wildman–Crippen MR) is 343 cm³/mol. The highest BCUT2D eigenvalue weighted by Crippen LogP contribution is 2.15. The minimum Gasteiger partial charge on any atom is -0.462 e. The van der Waals surface area contributed by atoms with Gasteiger partial charge in [0, 0.05) is 19.3 Å². The Kier molecular flexibility index (Phi) is 61.9. The maximum absolute atomic E-state index is 12.9. The third-order valence-electron chi connectivity index (χ3n) is 13.3. The van der Waals surface area contributed by atoms with Gasteiger partial charge < -0.3 is 14.2 Å². The van der Waals surface area contributed by atoms with E-state index in [0.29, 0.717) is 19.3 Å². The van der Waals surface area contributed by atoms with Gasteiger partial charge in [-0.25, -0.2) is 0 Å². The summed E-state index contributed by atoms with van der Waals surface area (Å²) in [6, 6.07) is 0. The van der Waals surface area contributed by atoms with Crippen LogP contribution in [0.25, 0.3) is 0 Å². The first-order valence-corrected chi connectivity index (χ1v) is 32.3. The van der Waals surface area contributed by atoms with Gasteiger partial charge >= 0.3 is 17.9 Å². The largest absolute Gasteiger partial charge is 0.462 e. The topological polar surface area (TPSA) is 78.9 Å². The lowest BCUT2D eigenvalue weighted by Gasteiger charge is -2.18. The van der Waals surface area contributed by atoms with Crippen LogP contribution in [0.4, 0.5) is 0 Å². The Bertz CT molecular complexity index is 1730. The Hall–Kier alpha value is -4.71. The molecule has 0 aliphatic carbocycles. The van der Waals surface area contributed by atoms with Gasteiger partial charge in [-0.05, 0) is 135 Å². The second kappa shape index (κ2) is 65.8. The summed E-state index contributed by atoms with van der Waals surface area (Å²) in [5, 5.41) is 0. The quantitative estimate of drug-likeness (QED) is 0.0261. The maximum Gasteiger partial charge on any atom is 0.306 e. The number of ether oxygens (including phenoxy) is 3. The van der Waals surface area contributed by atoms with E-state index in [1.165, 1.54) is 103 Å². The van der Waals surface area contributed by atoms with Crippen molar-refractivity contribution in [3.05, 3.63) is 146 Å². The Labute approximate surface area is 487 Å². The van der Waals surface area contributed by atoms with Crippen molar-refractivity contribution in [3.8, 4) is 0 Å². The Morgan fingerprint density at radius 1 is 0.266 bits per heavy atom. The number of carbonyl (C=O) groups excluding carboxylic acids is 3. The summed E-state index contributed by atoms with van der Waals surface area (Å²) >= 11 is 0. The fourth-order valence-electron chi connectivity index (χ4n) is 8.54. The molecule has 1 unspecified atom stereocenters. The summed E-state index contributed by atoms with van der Waals surface area (Å²) < 4.78 is 16.9. The van der Waals surface area contributed by atoms with E-state index in [2.05, 4.69) is 167 Å². The molecule has 6 nitrogen and oxygen atoms in total. The molecule has 1 atom stereocenters. The lowest BCUT2D eigenvalue weighted by atomic mass is 10.1. The molecule has 0 aliphatic rings. The molecule has 0 heterocycles. The molecule has 0 fully saturated rings. The molecule has 0 rings (SSSR count). The highest BCUT2D eigenvalue weighted by molar-refractivity contribution is 5.71. The van der Waals surface area contributed by atoms with E-state index in [9.17, 15) is 14.4 Å². The second-order valence-electron chi connectivity index (χ2n) is 20.9. The summed E-state index contributed by atoms with van der Waals surface area (Å²) in [5.41, 5.74) is 0. The summed E-state index contributed by atoms with van der Waals surface area (Å²) in [5.74, 6) is -0.985. The van der Waals surface area contributed by atoms with Gasteiger partial charge in [0.2, 0.25) is 0 Å². The molecule has 0 N–H and O–H groups in total. The van der Waals surface area contributed by atoms with E-state index >= 15 is 0 Å².